The van der Waals surface area contributed by atoms with Crippen LogP contribution in [0, 0.1) is 5.82 Å². The van der Waals surface area contributed by atoms with E-state index in [0.717, 1.165) is 4.90 Å². The van der Waals surface area contributed by atoms with E-state index in [9.17, 15) is 23.6 Å². The van der Waals surface area contributed by atoms with Crippen LogP contribution in [0.25, 0.3) is 0 Å². The lowest BCUT2D eigenvalue weighted by Gasteiger charge is -2.13. The standard InChI is InChI=1S/C19H16FN3O4/c20-13-7-5-12(6-8-13)11-17(25)22-21-16(24)9-10-23-18(26)14-3-1-2-4-15(14)19(23)27/h1-8H,9-11H2,(H,21,24)(H,22,25). The first kappa shape index (κ1) is 18.2. The Kier molecular flexibility index (Phi) is 5.25. The molecule has 2 aromatic carbocycles. The summed E-state index contributed by atoms with van der Waals surface area (Å²) in [6.45, 7) is -0.0913. The zero-order chi connectivity index (χ0) is 19.4. The Balaban J connectivity index is 1.45. The lowest BCUT2D eigenvalue weighted by Crippen LogP contribution is -2.44. The molecule has 0 spiro atoms. The highest BCUT2D eigenvalue weighted by Crippen LogP contribution is 2.22. The molecule has 0 unspecified atom stereocenters. The first-order valence-corrected chi connectivity index (χ1v) is 8.23. The minimum Gasteiger partial charge on any atom is -0.274 e. The van der Waals surface area contributed by atoms with E-state index in [2.05, 4.69) is 10.9 Å². The molecule has 0 saturated carbocycles. The molecule has 2 N–H and O–H groups in total. The van der Waals surface area contributed by atoms with Gasteiger partial charge in [0.25, 0.3) is 11.8 Å². The van der Waals surface area contributed by atoms with Crippen LogP contribution in [0.4, 0.5) is 4.39 Å². The predicted octanol–water partition coefficient (Wildman–Crippen LogP) is 1.20. The van der Waals surface area contributed by atoms with Gasteiger partial charge in [-0.1, -0.05) is 24.3 Å². The average molecular weight is 369 g/mol. The SMILES string of the molecule is O=C(CCN1C(=O)c2ccccc2C1=O)NNC(=O)Cc1ccc(F)cc1. The van der Waals surface area contributed by atoms with Gasteiger partial charge in [0.2, 0.25) is 11.8 Å². The number of carbonyl (C=O) groups is 4. The zero-order valence-electron chi connectivity index (χ0n) is 14.2. The number of hydrazine groups is 1. The Labute approximate surface area is 154 Å². The Bertz CT molecular complexity index is 876. The van der Waals surface area contributed by atoms with Gasteiger partial charge in [0.1, 0.15) is 5.82 Å². The highest BCUT2D eigenvalue weighted by Gasteiger charge is 2.34. The number of amides is 4. The van der Waals surface area contributed by atoms with Crippen molar-refractivity contribution in [1.29, 1.82) is 0 Å². The molecule has 0 aliphatic carbocycles. The molecular formula is C19H16FN3O4. The molecule has 2 aromatic rings. The van der Waals surface area contributed by atoms with Gasteiger partial charge < -0.3 is 0 Å². The summed E-state index contributed by atoms with van der Waals surface area (Å²) in [6.07, 6.45) is -0.179. The van der Waals surface area contributed by atoms with Gasteiger partial charge in [-0.15, -0.1) is 0 Å². The Morgan fingerprint density at radius 1 is 0.852 bits per heavy atom. The van der Waals surface area contributed by atoms with Crippen molar-refractivity contribution >= 4 is 23.6 Å². The maximum Gasteiger partial charge on any atom is 0.261 e. The van der Waals surface area contributed by atoms with Crippen LogP contribution < -0.4 is 10.9 Å². The Morgan fingerprint density at radius 2 is 1.41 bits per heavy atom. The van der Waals surface area contributed by atoms with E-state index in [4.69, 9.17) is 0 Å². The monoisotopic (exact) mass is 369 g/mol. The molecule has 27 heavy (non-hydrogen) atoms. The molecule has 0 aromatic heterocycles. The average Bonchev–Trinajstić information content (AvgIpc) is 2.91. The van der Waals surface area contributed by atoms with Gasteiger partial charge in [-0.3, -0.25) is 34.9 Å². The van der Waals surface area contributed by atoms with Crippen LogP contribution in [-0.4, -0.2) is 35.1 Å². The number of benzene rings is 2. The number of imide groups is 1. The van der Waals surface area contributed by atoms with E-state index in [1.807, 2.05) is 0 Å². The second-order valence-electron chi connectivity index (χ2n) is 5.96. The largest absolute Gasteiger partial charge is 0.274 e. The van der Waals surface area contributed by atoms with Gasteiger partial charge in [0.15, 0.2) is 0 Å². The smallest absolute Gasteiger partial charge is 0.261 e. The van der Waals surface area contributed by atoms with Crippen molar-refractivity contribution in [3.05, 3.63) is 71.0 Å². The van der Waals surface area contributed by atoms with Gasteiger partial charge in [-0.2, -0.15) is 0 Å². The topological polar surface area (TPSA) is 95.6 Å². The Hall–Kier alpha value is -3.55. The quantitative estimate of drug-likeness (QED) is 0.612. The van der Waals surface area contributed by atoms with E-state index >= 15 is 0 Å². The van der Waals surface area contributed by atoms with Crippen molar-refractivity contribution < 1.29 is 23.6 Å². The van der Waals surface area contributed by atoms with Crippen LogP contribution in [0.5, 0.6) is 0 Å². The molecule has 0 saturated heterocycles. The third kappa shape index (κ3) is 4.17. The molecule has 7 nitrogen and oxygen atoms in total. The van der Waals surface area contributed by atoms with E-state index in [1.165, 1.54) is 24.3 Å². The number of nitrogens with zero attached hydrogens (tertiary/aromatic N) is 1. The summed E-state index contributed by atoms with van der Waals surface area (Å²) in [7, 11) is 0. The minimum atomic E-state index is -0.543. The molecule has 0 bridgehead atoms. The van der Waals surface area contributed by atoms with Crippen molar-refractivity contribution in [3.63, 3.8) is 0 Å². The molecule has 138 valence electrons. The molecule has 3 rings (SSSR count). The molecular weight excluding hydrogens is 353 g/mol. The van der Waals surface area contributed by atoms with E-state index in [1.54, 1.807) is 24.3 Å². The number of fused-ring (bicyclic) bond motifs is 1. The molecule has 4 amide bonds. The second kappa shape index (κ2) is 7.77. The highest BCUT2D eigenvalue weighted by molar-refractivity contribution is 6.21. The van der Waals surface area contributed by atoms with E-state index in [-0.39, 0.29) is 19.4 Å². The fourth-order valence-corrected chi connectivity index (χ4v) is 2.69. The number of hydrogen-bond acceptors (Lipinski definition) is 4. The van der Waals surface area contributed by atoms with Crippen molar-refractivity contribution in [1.82, 2.24) is 15.8 Å². The minimum absolute atomic E-state index is 0.0288. The summed E-state index contributed by atoms with van der Waals surface area (Å²) in [4.78, 5) is 49.0. The van der Waals surface area contributed by atoms with Gasteiger partial charge in [-0.05, 0) is 29.8 Å². The van der Waals surface area contributed by atoms with Gasteiger partial charge >= 0.3 is 0 Å². The second-order valence-corrected chi connectivity index (χ2v) is 5.96. The molecule has 1 aliphatic rings. The van der Waals surface area contributed by atoms with Crippen LogP contribution in [-0.2, 0) is 16.0 Å². The fraction of sp³-hybridized carbons (Fsp3) is 0.158. The number of halogens is 1. The Morgan fingerprint density at radius 3 is 2.00 bits per heavy atom. The number of carbonyl (C=O) groups excluding carboxylic acids is 4. The summed E-state index contributed by atoms with van der Waals surface area (Å²) >= 11 is 0. The molecule has 1 heterocycles. The fourth-order valence-electron chi connectivity index (χ4n) is 2.69. The number of hydrogen-bond donors (Lipinski definition) is 2. The molecule has 1 aliphatic heterocycles. The van der Waals surface area contributed by atoms with Gasteiger partial charge in [-0.25, -0.2) is 4.39 Å². The summed E-state index contributed by atoms with van der Waals surface area (Å²) < 4.78 is 12.8. The lowest BCUT2D eigenvalue weighted by atomic mass is 10.1. The van der Waals surface area contributed by atoms with Crippen molar-refractivity contribution in [3.8, 4) is 0 Å². The van der Waals surface area contributed by atoms with Crippen LogP contribution in [0.2, 0.25) is 0 Å². The maximum absolute atomic E-state index is 12.8. The van der Waals surface area contributed by atoms with Crippen molar-refractivity contribution in [2.45, 2.75) is 12.8 Å². The predicted molar refractivity (Wildman–Crippen MR) is 92.8 cm³/mol. The van der Waals surface area contributed by atoms with Gasteiger partial charge in [0.05, 0.1) is 17.5 Å². The molecule has 8 heteroatoms. The van der Waals surface area contributed by atoms with E-state index < -0.39 is 29.4 Å². The molecule has 0 atom stereocenters. The molecule has 0 radical (unpaired) electrons. The van der Waals surface area contributed by atoms with Crippen molar-refractivity contribution in [2.24, 2.45) is 0 Å². The number of rotatable bonds is 5. The van der Waals surface area contributed by atoms with Crippen LogP contribution >= 0.6 is 0 Å². The summed E-state index contributed by atoms with van der Waals surface area (Å²) in [5.41, 5.74) is 5.69. The van der Waals surface area contributed by atoms with Crippen LogP contribution in [0.15, 0.2) is 48.5 Å². The maximum atomic E-state index is 12.8. The van der Waals surface area contributed by atoms with Crippen molar-refractivity contribution in [2.75, 3.05) is 6.54 Å². The van der Waals surface area contributed by atoms with E-state index in [0.29, 0.717) is 16.7 Å². The number of nitrogens with one attached hydrogen (secondary N) is 2. The molecule has 0 fully saturated rings. The first-order chi connectivity index (χ1) is 13.0. The third-order valence-corrected chi connectivity index (χ3v) is 4.06. The lowest BCUT2D eigenvalue weighted by molar-refractivity contribution is -0.128. The first-order valence-electron chi connectivity index (χ1n) is 8.23. The zero-order valence-corrected chi connectivity index (χ0v) is 14.2. The van der Waals surface area contributed by atoms with Crippen LogP contribution in [0.3, 0.4) is 0 Å². The van der Waals surface area contributed by atoms with Gasteiger partial charge in [0, 0.05) is 13.0 Å². The van der Waals surface area contributed by atoms with Crippen LogP contribution in [0.1, 0.15) is 32.7 Å². The third-order valence-electron chi connectivity index (χ3n) is 4.06. The summed E-state index contributed by atoms with van der Waals surface area (Å²) in [6, 6.07) is 11.9. The summed E-state index contributed by atoms with van der Waals surface area (Å²) in [5.74, 6) is -2.30. The summed E-state index contributed by atoms with van der Waals surface area (Å²) in [5, 5.41) is 0. The highest BCUT2D eigenvalue weighted by atomic mass is 19.1. The normalized spacial score (nSPS) is 12.7.